The summed E-state index contributed by atoms with van der Waals surface area (Å²) in [5.74, 6) is 0.411. The van der Waals surface area contributed by atoms with Crippen molar-refractivity contribution in [3.8, 4) is 0 Å². The molecule has 0 amide bonds. The predicted molar refractivity (Wildman–Crippen MR) is 121 cm³/mol. The lowest BCUT2D eigenvalue weighted by Crippen LogP contribution is -2.36. The van der Waals surface area contributed by atoms with Crippen LogP contribution in [0, 0.1) is 5.92 Å². The number of hydrogen-bond acceptors (Lipinski definition) is 3. The molecule has 1 saturated heterocycles. The molecule has 0 spiro atoms. The average Bonchev–Trinajstić information content (AvgIpc) is 3.58. The molecule has 1 aliphatic heterocycles. The summed E-state index contributed by atoms with van der Waals surface area (Å²) < 4.78 is 17.5. The second-order valence-electron chi connectivity index (χ2n) is 8.22. The molecule has 1 fully saturated rings. The molecule has 2 rings (SSSR count). The second kappa shape index (κ2) is 14.0. The maximum atomic E-state index is 6.45. The predicted octanol–water partition coefficient (Wildman–Crippen LogP) is 6.67. The third kappa shape index (κ3) is 8.24. The maximum absolute atomic E-state index is 6.45. The first-order valence-electron chi connectivity index (χ1n) is 11.8. The van der Waals surface area contributed by atoms with E-state index < -0.39 is 5.60 Å². The molecular formula is C26H42O3. The zero-order chi connectivity index (χ0) is 20.8. The Morgan fingerprint density at radius 3 is 2.41 bits per heavy atom. The van der Waals surface area contributed by atoms with Crippen molar-refractivity contribution in [2.45, 2.75) is 83.3 Å². The van der Waals surface area contributed by atoms with Crippen molar-refractivity contribution in [1.82, 2.24) is 0 Å². The molecule has 1 heterocycles. The lowest BCUT2D eigenvalue weighted by molar-refractivity contribution is -0.0581. The largest absolute Gasteiger partial charge is 0.379 e. The fourth-order valence-corrected chi connectivity index (χ4v) is 4.27. The summed E-state index contributed by atoms with van der Waals surface area (Å²) in [6.07, 6.45) is 13.6. The fourth-order valence-electron chi connectivity index (χ4n) is 4.27. The molecule has 0 aromatic heterocycles. The molecule has 0 N–H and O–H groups in total. The zero-order valence-corrected chi connectivity index (χ0v) is 18.7. The quantitative estimate of drug-likeness (QED) is 0.156. The van der Waals surface area contributed by atoms with Crippen LogP contribution in [0.15, 0.2) is 43.0 Å². The number of epoxide rings is 1. The third-order valence-corrected chi connectivity index (χ3v) is 5.97. The van der Waals surface area contributed by atoms with Gasteiger partial charge >= 0.3 is 0 Å². The first-order valence-corrected chi connectivity index (χ1v) is 11.8. The molecule has 3 nitrogen and oxygen atoms in total. The monoisotopic (exact) mass is 402 g/mol. The molecule has 29 heavy (non-hydrogen) atoms. The molecule has 3 heteroatoms. The van der Waals surface area contributed by atoms with Gasteiger partial charge in [-0.05, 0) is 37.7 Å². The van der Waals surface area contributed by atoms with Gasteiger partial charge in [0.25, 0.3) is 0 Å². The topological polar surface area (TPSA) is 31.0 Å². The molecule has 1 aromatic carbocycles. The molecule has 0 aliphatic carbocycles. The molecule has 3 atom stereocenters. The highest BCUT2D eigenvalue weighted by Crippen LogP contribution is 2.41. The van der Waals surface area contributed by atoms with E-state index in [4.69, 9.17) is 14.2 Å². The van der Waals surface area contributed by atoms with Crippen LogP contribution in [-0.2, 0) is 19.8 Å². The molecule has 1 aromatic rings. The standard InChI is InChI=1S/C26H42O3/c1-4-7-8-9-10-12-16-24(19-15-20-27-21-25-22-28-25)26(5-2,29-6-3)23-17-13-11-14-18-23/h5,11,13-14,17-18,24-25H,2,4,6-10,12,15-16,19-22H2,1,3H3. The number of hydrogen-bond donors (Lipinski definition) is 0. The highest BCUT2D eigenvalue weighted by molar-refractivity contribution is 5.28. The number of benzene rings is 1. The minimum absolute atomic E-state index is 0.342. The maximum Gasteiger partial charge on any atom is 0.114 e. The Balaban J connectivity index is 2.00. The van der Waals surface area contributed by atoms with E-state index in [0.29, 0.717) is 18.6 Å². The Kier molecular flexibility index (Phi) is 11.6. The highest BCUT2D eigenvalue weighted by atomic mass is 16.6. The van der Waals surface area contributed by atoms with Gasteiger partial charge in [-0.1, -0.05) is 88.4 Å². The van der Waals surface area contributed by atoms with Crippen molar-refractivity contribution in [3.63, 3.8) is 0 Å². The Hall–Kier alpha value is -1.16. The van der Waals surface area contributed by atoms with Gasteiger partial charge in [0.1, 0.15) is 11.7 Å². The normalized spacial score (nSPS) is 18.9. The van der Waals surface area contributed by atoms with Crippen LogP contribution in [0.2, 0.25) is 0 Å². The van der Waals surface area contributed by atoms with Crippen molar-refractivity contribution in [1.29, 1.82) is 0 Å². The number of unbranched alkanes of at least 4 members (excludes halogenated alkanes) is 5. The Bertz CT molecular complexity index is 540. The van der Waals surface area contributed by atoms with E-state index in [1.54, 1.807) is 0 Å². The Morgan fingerprint density at radius 1 is 1.07 bits per heavy atom. The summed E-state index contributed by atoms with van der Waals surface area (Å²) in [4.78, 5) is 0. The summed E-state index contributed by atoms with van der Waals surface area (Å²) in [6, 6.07) is 10.7. The van der Waals surface area contributed by atoms with Crippen LogP contribution in [-0.4, -0.2) is 32.5 Å². The van der Waals surface area contributed by atoms with Gasteiger partial charge in [0, 0.05) is 13.2 Å². The van der Waals surface area contributed by atoms with Crippen molar-refractivity contribution < 1.29 is 14.2 Å². The smallest absolute Gasteiger partial charge is 0.114 e. The molecule has 1 aliphatic rings. The minimum Gasteiger partial charge on any atom is -0.379 e. The first-order chi connectivity index (χ1) is 14.3. The summed E-state index contributed by atoms with van der Waals surface area (Å²) in [6.45, 7) is 11.6. The van der Waals surface area contributed by atoms with Gasteiger partial charge in [-0.2, -0.15) is 0 Å². The lowest BCUT2D eigenvalue weighted by atomic mass is 9.75. The lowest BCUT2D eigenvalue weighted by Gasteiger charge is -2.39. The van der Waals surface area contributed by atoms with Crippen molar-refractivity contribution in [3.05, 3.63) is 48.6 Å². The molecule has 0 bridgehead atoms. The van der Waals surface area contributed by atoms with Crippen molar-refractivity contribution >= 4 is 0 Å². The second-order valence-corrected chi connectivity index (χ2v) is 8.22. The highest BCUT2D eigenvalue weighted by Gasteiger charge is 2.37. The van der Waals surface area contributed by atoms with Gasteiger partial charge in [0.2, 0.25) is 0 Å². The molecule has 164 valence electrons. The van der Waals surface area contributed by atoms with Gasteiger partial charge in [0.15, 0.2) is 0 Å². The molecule has 0 radical (unpaired) electrons. The van der Waals surface area contributed by atoms with E-state index in [0.717, 1.165) is 32.7 Å². The average molecular weight is 403 g/mol. The third-order valence-electron chi connectivity index (χ3n) is 5.97. The summed E-state index contributed by atoms with van der Waals surface area (Å²) in [5.41, 5.74) is 0.805. The van der Waals surface area contributed by atoms with E-state index in [9.17, 15) is 0 Å². The number of ether oxygens (including phenoxy) is 3. The van der Waals surface area contributed by atoms with Crippen molar-refractivity contribution in [2.24, 2.45) is 5.92 Å². The SMILES string of the molecule is C=CC(OCC)(c1ccccc1)C(CCCCCCCC)CCCOCC1CO1. The zero-order valence-electron chi connectivity index (χ0n) is 18.7. The van der Waals surface area contributed by atoms with Crippen LogP contribution in [0.5, 0.6) is 0 Å². The van der Waals surface area contributed by atoms with Crippen LogP contribution in [0.25, 0.3) is 0 Å². The van der Waals surface area contributed by atoms with E-state index in [-0.39, 0.29) is 0 Å². The fraction of sp³-hybridized carbons (Fsp3) is 0.692. The van der Waals surface area contributed by atoms with Crippen LogP contribution in [0.4, 0.5) is 0 Å². The van der Waals surface area contributed by atoms with Gasteiger partial charge in [-0.3, -0.25) is 0 Å². The Morgan fingerprint density at radius 2 is 1.76 bits per heavy atom. The molecule has 0 saturated carbocycles. The first kappa shape index (κ1) is 24.1. The summed E-state index contributed by atoms with van der Waals surface area (Å²) >= 11 is 0. The summed E-state index contributed by atoms with van der Waals surface area (Å²) in [7, 11) is 0. The van der Waals surface area contributed by atoms with E-state index in [1.807, 2.05) is 6.08 Å². The van der Waals surface area contributed by atoms with Crippen molar-refractivity contribution in [2.75, 3.05) is 26.4 Å². The van der Waals surface area contributed by atoms with E-state index >= 15 is 0 Å². The van der Waals surface area contributed by atoms with Crippen LogP contribution < -0.4 is 0 Å². The Labute approximate surface area is 178 Å². The number of rotatable bonds is 18. The molecule has 3 unspecified atom stereocenters. The van der Waals surface area contributed by atoms with E-state index in [1.165, 1.54) is 50.5 Å². The summed E-state index contributed by atoms with van der Waals surface area (Å²) in [5, 5.41) is 0. The van der Waals surface area contributed by atoms with Gasteiger partial charge in [-0.15, -0.1) is 0 Å². The van der Waals surface area contributed by atoms with Gasteiger partial charge < -0.3 is 14.2 Å². The molecular weight excluding hydrogens is 360 g/mol. The van der Waals surface area contributed by atoms with Gasteiger partial charge in [-0.25, -0.2) is 0 Å². The minimum atomic E-state index is -0.418. The van der Waals surface area contributed by atoms with Gasteiger partial charge in [0.05, 0.1) is 13.2 Å². The van der Waals surface area contributed by atoms with Crippen LogP contribution in [0.1, 0.15) is 77.2 Å². The van der Waals surface area contributed by atoms with Crippen LogP contribution in [0.3, 0.4) is 0 Å². The van der Waals surface area contributed by atoms with Crippen LogP contribution >= 0.6 is 0 Å². The van der Waals surface area contributed by atoms with E-state index in [2.05, 4.69) is 50.8 Å².